The molecule has 4 rings (SSSR count). The monoisotopic (exact) mass is 320 g/mol. The van der Waals surface area contributed by atoms with E-state index < -0.39 is 5.97 Å². The number of nitrogens with zero attached hydrogens (tertiary/aromatic N) is 4. The van der Waals surface area contributed by atoms with E-state index in [9.17, 15) is 15.2 Å². The molecule has 2 aromatic heterocycles. The van der Waals surface area contributed by atoms with Crippen molar-refractivity contribution in [3.05, 3.63) is 41.5 Å². The van der Waals surface area contributed by atoms with E-state index in [4.69, 9.17) is 0 Å². The number of hydrogen-bond donors (Lipinski definition) is 1. The summed E-state index contributed by atoms with van der Waals surface area (Å²) in [5.74, 6) is -0.209. The van der Waals surface area contributed by atoms with E-state index in [0.29, 0.717) is 30.7 Å². The Hall–Kier alpha value is -3.07. The van der Waals surface area contributed by atoms with E-state index in [1.807, 2.05) is 41.7 Å². The van der Waals surface area contributed by atoms with Crippen LogP contribution in [0.5, 0.6) is 0 Å². The van der Waals surface area contributed by atoms with Crippen LogP contribution in [0.4, 0.5) is 5.82 Å². The molecule has 0 radical (unpaired) electrons. The summed E-state index contributed by atoms with van der Waals surface area (Å²) in [7, 11) is 0. The number of imidazole rings is 1. The number of fused-ring (bicyclic) bond motifs is 3. The molecule has 3 aromatic rings. The zero-order valence-corrected chi connectivity index (χ0v) is 13.2. The smallest absolute Gasteiger partial charge is 0.308 e. The summed E-state index contributed by atoms with van der Waals surface area (Å²) in [5.41, 5.74) is 3.80. The van der Waals surface area contributed by atoms with Gasteiger partial charge in [-0.05, 0) is 37.1 Å². The van der Waals surface area contributed by atoms with Crippen LogP contribution in [0.15, 0.2) is 30.3 Å². The van der Waals surface area contributed by atoms with Gasteiger partial charge in [-0.3, -0.25) is 9.20 Å². The molecule has 1 saturated heterocycles. The van der Waals surface area contributed by atoms with Gasteiger partial charge in [0.05, 0.1) is 22.5 Å². The molecule has 24 heavy (non-hydrogen) atoms. The zero-order valence-electron chi connectivity index (χ0n) is 13.2. The van der Waals surface area contributed by atoms with E-state index in [2.05, 4.69) is 16.0 Å². The maximum absolute atomic E-state index is 11.3. The van der Waals surface area contributed by atoms with Crippen molar-refractivity contribution >= 4 is 28.5 Å². The lowest BCUT2D eigenvalue weighted by molar-refractivity contribution is -0.140. The maximum Gasteiger partial charge on any atom is 0.308 e. The molecule has 0 saturated carbocycles. The third-order valence-electron chi connectivity index (χ3n) is 4.73. The van der Waals surface area contributed by atoms with Crippen LogP contribution >= 0.6 is 0 Å². The molecule has 0 spiro atoms. The first kappa shape index (κ1) is 14.5. The van der Waals surface area contributed by atoms with Crippen molar-refractivity contribution in [2.45, 2.75) is 13.3 Å². The molecule has 120 valence electrons. The fraction of sp³-hybridized carbons (Fsp3) is 0.278. The average molecular weight is 320 g/mol. The minimum Gasteiger partial charge on any atom is -0.481 e. The number of carbonyl (C=O) groups is 1. The van der Waals surface area contributed by atoms with E-state index in [0.717, 1.165) is 22.4 Å². The van der Waals surface area contributed by atoms with E-state index in [1.54, 1.807) is 0 Å². The van der Waals surface area contributed by atoms with Gasteiger partial charge in [0, 0.05) is 13.1 Å². The molecule has 3 heterocycles. The molecule has 1 unspecified atom stereocenters. The first-order valence-corrected chi connectivity index (χ1v) is 7.89. The highest BCUT2D eigenvalue weighted by Crippen LogP contribution is 2.31. The molecule has 6 nitrogen and oxygen atoms in total. The van der Waals surface area contributed by atoms with Gasteiger partial charge in [0.2, 0.25) is 0 Å². The highest BCUT2D eigenvalue weighted by Gasteiger charge is 2.30. The van der Waals surface area contributed by atoms with Crippen LogP contribution in [-0.4, -0.2) is 33.6 Å². The molecule has 1 N–H and O–H groups in total. The Balaban J connectivity index is 1.99. The van der Waals surface area contributed by atoms with Crippen molar-refractivity contribution in [2.75, 3.05) is 18.0 Å². The van der Waals surface area contributed by atoms with Crippen LogP contribution in [0.3, 0.4) is 0 Å². The Morgan fingerprint density at radius 3 is 2.92 bits per heavy atom. The van der Waals surface area contributed by atoms with Crippen LogP contribution in [0.1, 0.15) is 17.5 Å². The van der Waals surface area contributed by atoms with E-state index in [1.165, 1.54) is 0 Å². The van der Waals surface area contributed by atoms with Crippen LogP contribution < -0.4 is 4.90 Å². The van der Waals surface area contributed by atoms with Crippen LogP contribution in [-0.2, 0) is 4.79 Å². The van der Waals surface area contributed by atoms with Gasteiger partial charge in [-0.1, -0.05) is 12.1 Å². The largest absolute Gasteiger partial charge is 0.481 e. The number of anilines is 1. The number of carboxylic acid groups (broad SMARTS) is 1. The van der Waals surface area contributed by atoms with E-state index >= 15 is 0 Å². The van der Waals surface area contributed by atoms with Crippen molar-refractivity contribution in [1.82, 2.24) is 9.38 Å². The lowest BCUT2D eigenvalue weighted by Crippen LogP contribution is -2.24. The minimum absolute atomic E-state index is 0.356. The third-order valence-corrected chi connectivity index (χ3v) is 4.73. The summed E-state index contributed by atoms with van der Waals surface area (Å²) in [4.78, 5) is 18.0. The number of rotatable bonds is 2. The van der Waals surface area contributed by atoms with Gasteiger partial charge in [0.1, 0.15) is 11.9 Å². The molecule has 0 aliphatic carbocycles. The van der Waals surface area contributed by atoms with Gasteiger partial charge < -0.3 is 10.0 Å². The van der Waals surface area contributed by atoms with E-state index in [-0.39, 0.29) is 5.92 Å². The lowest BCUT2D eigenvalue weighted by Gasteiger charge is -2.21. The van der Waals surface area contributed by atoms with Gasteiger partial charge in [0.25, 0.3) is 0 Å². The molecule has 6 heteroatoms. The fourth-order valence-corrected chi connectivity index (χ4v) is 3.47. The standard InChI is InChI=1S/C18H16N4O2/c1-11-8-16(21-7-6-12(10-21)18(23)24)22-15-5-3-2-4-14(15)20-17(22)13(11)9-19/h2-5,8,12H,6-7,10H2,1H3,(H,23,24). The molecule has 1 aliphatic rings. The van der Waals surface area contributed by atoms with Crippen molar-refractivity contribution in [3.63, 3.8) is 0 Å². The molecular weight excluding hydrogens is 304 g/mol. The van der Waals surface area contributed by atoms with Gasteiger partial charge in [-0.15, -0.1) is 0 Å². The summed E-state index contributed by atoms with van der Waals surface area (Å²) in [6.45, 7) is 3.05. The summed E-state index contributed by atoms with van der Waals surface area (Å²) < 4.78 is 1.98. The second-order valence-electron chi connectivity index (χ2n) is 6.20. The lowest BCUT2D eigenvalue weighted by atomic mass is 10.1. The Kier molecular flexibility index (Phi) is 3.17. The van der Waals surface area contributed by atoms with Gasteiger partial charge in [-0.25, -0.2) is 4.98 Å². The Bertz CT molecular complexity index is 1020. The topological polar surface area (TPSA) is 81.6 Å². The zero-order chi connectivity index (χ0) is 16.8. The van der Waals surface area contributed by atoms with Crippen molar-refractivity contribution < 1.29 is 9.90 Å². The van der Waals surface area contributed by atoms with Crippen LogP contribution in [0.25, 0.3) is 16.7 Å². The number of para-hydroxylation sites is 2. The number of aromatic nitrogens is 2. The maximum atomic E-state index is 11.3. The highest BCUT2D eigenvalue weighted by molar-refractivity contribution is 5.85. The Labute approximate surface area is 138 Å². The molecule has 0 bridgehead atoms. The predicted octanol–water partition coefficient (Wildman–Crippen LogP) is 2.58. The molecule has 1 aromatic carbocycles. The Morgan fingerprint density at radius 1 is 1.42 bits per heavy atom. The number of aryl methyl sites for hydroxylation is 1. The number of carboxylic acids is 1. The molecule has 1 fully saturated rings. The molecule has 0 amide bonds. The van der Waals surface area contributed by atoms with Gasteiger partial charge in [0.15, 0.2) is 5.65 Å². The second-order valence-corrected chi connectivity index (χ2v) is 6.20. The van der Waals surface area contributed by atoms with Crippen LogP contribution in [0.2, 0.25) is 0 Å². The summed E-state index contributed by atoms with van der Waals surface area (Å²) in [6, 6.07) is 12.0. The SMILES string of the molecule is Cc1cc(N2CCC(C(=O)O)C2)n2c(nc3ccccc32)c1C#N. The summed E-state index contributed by atoms with van der Waals surface area (Å²) >= 11 is 0. The predicted molar refractivity (Wildman–Crippen MR) is 90.1 cm³/mol. The number of hydrogen-bond acceptors (Lipinski definition) is 4. The van der Waals surface area contributed by atoms with Crippen LogP contribution in [0, 0.1) is 24.2 Å². The number of benzene rings is 1. The fourth-order valence-electron chi connectivity index (χ4n) is 3.47. The first-order valence-electron chi connectivity index (χ1n) is 7.89. The second kappa shape index (κ2) is 5.24. The minimum atomic E-state index is -0.755. The normalized spacial score (nSPS) is 17.5. The number of nitriles is 1. The number of aliphatic carboxylic acids is 1. The van der Waals surface area contributed by atoms with Gasteiger partial charge >= 0.3 is 5.97 Å². The van der Waals surface area contributed by atoms with Crippen molar-refractivity contribution in [1.29, 1.82) is 5.26 Å². The summed E-state index contributed by atoms with van der Waals surface area (Å²) in [5, 5.41) is 18.8. The third kappa shape index (κ3) is 2.02. The summed E-state index contributed by atoms with van der Waals surface area (Å²) in [6.07, 6.45) is 0.627. The quantitative estimate of drug-likeness (QED) is 0.785. The molecule has 1 atom stereocenters. The number of pyridine rings is 1. The average Bonchev–Trinajstić information content (AvgIpc) is 3.19. The first-order chi connectivity index (χ1) is 11.6. The van der Waals surface area contributed by atoms with Crippen molar-refractivity contribution in [3.8, 4) is 6.07 Å². The van der Waals surface area contributed by atoms with Crippen molar-refractivity contribution in [2.24, 2.45) is 5.92 Å². The highest BCUT2D eigenvalue weighted by atomic mass is 16.4. The van der Waals surface area contributed by atoms with Gasteiger partial charge in [-0.2, -0.15) is 5.26 Å². The molecule has 1 aliphatic heterocycles. The Morgan fingerprint density at radius 2 is 2.21 bits per heavy atom. The molecular formula is C18H16N4O2.